The van der Waals surface area contributed by atoms with E-state index in [2.05, 4.69) is 31.3 Å². The van der Waals surface area contributed by atoms with Crippen molar-refractivity contribution < 1.29 is 24.5 Å². The molecule has 0 aromatic carbocycles. The molecule has 82 heavy (non-hydrogen) atoms. The van der Waals surface area contributed by atoms with Crippen molar-refractivity contribution in [1.29, 1.82) is 0 Å². The molecule has 0 aliphatic carbocycles. The van der Waals surface area contributed by atoms with Crippen LogP contribution in [0.2, 0.25) is 0 Å². The molecule has 0 heterocycles. The van der Waals surface area contributed by atoms with Crippen molar-refractivity contribution in [3.63, 3.8) is 0 Å². The average molecular weight is 1160 g/mol. The Morgan fingerprint density at radius 2 is 0.573 bits per heavy atom. The van der Waals surface area contributed by atoms with Crippen LogP contribution in [-0.4, -0.2) is 47.4 Å². The zero-order valence-corrected chi connectivity index (χ0v) is 56.0. The van der Waals surface area contributed by atoms with Gasteiger partial charge in [0.1, 0.15) is 0 Å². The number of carbonyl (C=O) groups is 2. The van der Waals surface area contributed by atoms with Gasteiger partial charge in [0.05, 0.1) is 25.4 Å². The van der Waals surface area contributed by atoms with E-state index in [9.17, 15) is 19.8 Å². The monoisotopic (exact) mass is 1160 g/mol. The van der Waals surface area contributed by atoms with E-state index < -0.39 is 12.1 Å². The third kappa shape index (κ3) is 67.7. The van der Waals surface area contributed by atoms with Crippen molar-refractivity contribution in [3.8, 4) is 0 Å². The molecule has 2 unspecified atom stereocenters. The van der Waals surface area contributed by atoms with Gasteiger partial charge >= 0.3 is 5.97 Å². The highest BCUT2D eigenvalue weighted by molar-refractivity contribution is 5.76. The van der Waals surface area contributed by atoms with E-state index in [-0.39, 0.29) is 18.5 Å². The average Bonchev–Trinajstić information content (AvgIpc) is 3.48. The molecule has 0 aromatic rings. The summed E-state index contributed by atoms with van der Waals surface area (Å²) in [5.74, 6) is -0.00332. The van der Waals surface area contributed by atoms with Gasteiger partial charge < -0.3 is 20.3 Å². The molecule has 6 heteroatoms. The molecule has 3 N–H and O–H groups in total. The molecule has 2 atom stereocenters. The van der Waals surface area contributed by atoms with Crippen LogP contribution < -0.4 is 5.32 Å². The Labute approximate surface area is 514 Å². The molecule has 0 spiro atoms. The van der Waals surface area contributed by atoms with E-state index in [1.807, 2.05) is 0 Å². The first-order valence-electron chi connectivity index (χ1n) is 37.9. The van der Waals surface area contributed by atoms with Crippen LogP contribution in [-0.2, 0) is 14.3 Å². The molecule has 0 aliphatic rings. The van der Waals surface area contributed by atoms with Crippen molar-refractivity contribution in [3.05, 3.63) is 12.2 Å². The third-order valence-corrected chi connectivity index (χ3v) is 18.1. The molecule has 0 saturated carbocycles. The first-order chi connectivity index (χ1) is 40.5. The first kappa shape index (κ1) is 80.6. The van der Waals surface area contributed by atoms with E-state index in [0.717, 1.165) is 38.5 Å². The topological polar surface area (TPSA) is 95.9 Å². The zero-order chi connectivity index (χ0) is 59.2. The number of hydrogen-bond donors (Lipinski definition) is 3. The quantitative estimate of drug-likeness (QED) is 0.0320. The molecule has 1 amide bonds. The molecule has 0 saturated heterocycles. The van der Waals surface area contributed by atoms with Gasteiger partial charge in [-0.3, -0.25) is 9.59 Å². The predicted octanol–water partition coefficient (Wildman–Crippen LogP) is 24.7. The third-order valence-electron chi connectivity index (χ3n) is 18.1. The summed E-state index contributed by atoms with van der Waals surface area (Å²) in [5, 5.41) is 23.2. The Balaban J connectivity index is 3.27. The summed E-state index contributed by atoms with van der Waals surface area (Å²) < 4.78 is 5.51. The van der Waals surface area contributed by atoms with Gasteiger partial charge in [0, 0.05) is 12.8 Å². The minimum Gasteiger partial charge on any atom is -0.466 e. The molecule has 0 radical (unpaired) electrons. The van der Waals surface area contributed by atoms with Crippen molar-refractivity contribution in [1.82, 2.24) is 5.32 Å². The number of hydrogen-bond acceptors (Lipinski definition) is 5. The lowest BCUT2D eigenvalue weighted by Crippen LogP contribution is -2.45. The number of amides is 1. The van der Waals surface area contributed by atoms with Gasteiger partial charge in [0.2, 0.25) is 5.91 Å². The Kier molecular flexibility index (Phi) is 70.8. The first-order valence-corrected chi connectivity index (χ1v) is 37.9. The second kappa shape index (κ2) is 72.1. The number of esters is 1. The minimum atomic E-state index is -0.658. The molecule has 0 bridgehead atoms. The molecule has 0 rings (SSSR count). The van der Waals surface area contributed by atoms with E-state index in [1.165, 1.54) is 366 Å². The normalized spacial score (nSPS) is 12.5. The van der Waals surface area contributed by atoms with E-state index in [0.29, 0.717) is 25.9 Å². The molecule has 0 fully saturated rings. The van der Waals surface area contributed by atoms with Crippen LogP contribution in [0.4, 0.5) is 0 Å². The number of aliphatic hydroxyl groups is 2. The fourth-order valence-electron chi connectivity index (χ4n) is 12.3. The second-order valence-electron chi connectivity index (χ2n) is 26.3. The second-order valence-corrected chi connectivity index (χ2v) is 26.3. The fourth-order valence-corrected chi connectivity index (χ4v) is 12.3. The predicted molar refractivity (Wildman–Crippen MR) is 361 cm³/mol. The largest absolute Gasteiger partial charge is 0.466 e. The van der Waals surface area contributed by atoms with Gasteiger partial charge in [-0.05, 0) is 51.4 Å². The number of rotatable bonds is 72. The Morgan fingerprint density at radius 1 is 0.329 bits per heavy atom. The lowest BCUT2D eigenvalue weighted by Gasteiger charge is -2.22. The van der Waals surface area contributed by atoms with Crippen molar-refractivity contribution >= 4 is 11.9 Å². The summed E-state index contributed by atoms with van der Waals surface area (Å²) in [4.78, 5) is 24.5. The van der Waals surface area contributed by atoms with Gasteiger partial charge in [-0.1, -0.05) is 386 Å². The summed E-state index contributed by atoms with van der Waals surface area (Å²) >= 11 is 0. The highest BCUT2D eigenvalue weighted by Crippen LogP contribution is 2.20. The zero-order valence-electron chi connectivity index (χ0n) is 56.0. The number of unbranched alkanes of at least 4 members (excludes halogenated alkanes) is 59. The summed E-state index contributed by atoms with van der Waals surface area (Å²) in [5.41, 5.74) is 0. The smallest absolute Gasteiger partial charge is 0.305 e. The Hall–Kier alpha value is -1.40. The lowest BCUT2D eigenvalue weighted by molar-refractivity contribution is -0.143. The minimum absolute atomic E-state index is 0.0274. The van der Waals surface area contributed by atoms with Crippen molar-refractivity contribution in [2.45, 2.75) is 450 Å². The summed E-state index contributed by atoms with van der Waals surface area (Å²) in [6, 6.07) is -0.535. The van der Waals surface area contributed by atoms with Crippen LogP contribution in [0.25, 0.3) is 0 Å². The molecule has 0 aliphatic heterocycles. The van der Waals surface area contributed by atoms with Crippen LogP contribution in [0.5, 0.6) is 0 Å². The van der Waals surface area contributed by atoms with Crippen LogP contribution in [0.1, 0.15) is 438 Å². The number of allylic oxidation sites excluding steroid dienone is 2. The van der Waals surface area contributed by atoms with Gasteiger partial charge in [-0.25, -0.2) is 0 Å². The van der Waals surface area contributed by atoms with Gasteiger partial charge in [0.25, 0.3) is 0 Å². The maximum atomic E-state index is 12.4. The number of nitrogens with one attached hydrogen (secondary N) is 1. The maximum absolute atomic E-state index is 12.4. The van der Waals surface area contributed by atoms with Crippen LogP contribution >= 0.6 is 0 Å². The Morgan fingerprint density at radius 3 is 0.866 bits per heavy atom. The van der Waals surface area contributed by atoms with Crippen LogP contribution in [0, 0.1) is 0 Å². The number of carbonyl (C=O) groups excluding carboxylic acids is 2. The molecule has 488 valence electrons. The highest BCUT2D eigenvalue weighted by atomic mass is 16.5. The highest BCUT2D eigenvalue weighted by Gasteiger charge is 2.20. The number of aliphatic hydroxyl groups excluding tert-OH is 2. The maximum Gasteiger partial charge on any atom is 0.305 e. The Bertz CT molecular complexity index is 1240. The fraction of sp³-hybridized carbons (Fsp3) is 0.947. The van der Waals surface area contributed by atoms with E-state index >= 15 is 0 Å². The van der Waals surface area contributed by atoms with Crippen LogP contribution in [0.15, 0.2) is 12.2 Å². The van der Waals surface area contributed by atoms with Crippen molar-refractivity contribution in [2.75, 3.05) is 13.2 Å². The van der Waals surface area contributed by atoms with E-state index in [4.69, 9.17) is 4.74 Å². The SMILES string of the molecule is CCCCCCCCCCCCCCCCCCCC(=O)OCCCCCCCCCCCCCCCCCCCC/C=C\CCCCCCCCCCCCCCCCCCCC(=O)NC(CO)C(O)CCCCCCCCCCC. The number of ether oxygens (including phenoxy) is 1. The molecule has 0 aromatic heterocycles. The molecular weight excluding hydrogens is 1010 g/mol. The standard InChI is InChI=1S/C76H149NO5/c1-3-5-7-9-11-13-14-15-16-40-44-47-50-54-58-62-66-70-76(81)82-71-67-63-59-55-51-48-45-42-39-37-35-33-31-29-27-25-23-21-19-17-18-20-22-24-26-28-30-32-34-36-38-41-43-46-49-53-57-61-65-69-75(80)77-73(72-78)74(79)68-64-60-56-52-12-10-8-6-4-2/h17-18,73-74,78-79H,3-16,19-72H2,1-2H3,(H,77,80)/b18-17-. The van der Waals surface area contributed by atoms with Gasteiger partial charge in [-0.2, -0.15) is 0 Å². The molecular formula is C76H149NO5. The van der Waals surface area contributed by atoms with E-state index in [1.54, 1.807) is 0 Å². The lowest BCUT2D eigenvalue weighted by atomic mass is 10.0. The van der Waals surface area contributed by atoms with Gasteiger partial charge in [0.15, 0.2) is 0 Å². The summed E-state index contributed by atoms with van der Waals surface area (Å²) in [7, 11) is 0. The summed E-state index contributed by atoms with van der Waals surface area (Å²) in [6.45, 7) is 4.98. The van der Waals surface area contributed by atoms with Gasteiger partial charge in [-0.15, -0.1) is 0 Å². The molecule has 6 nitrogen and oxygen atoms in total. The van der Waals surface area contributed by atoms with Crippen molar-refractivity contribution in [2.24, 2.45) is 0 Å². The summed E-state index contributed by atoms with van der Waals surface area (Å²) in [6.07, 6.45) is 90.3. The van der Waals surface area contributed by atoms with Crippen LogP contribution in [0.3, 0.4) is 0 Å².